The number of carbonyl (C=O) groups is 1. The number of rotatable bonds is 7. The SMILES string of the molecule is COCCCOc1c(Br)ccc(C(=O)Oc2c(F)c(F)c(F)c(F)c2F)c1C. The zero-order valence-electron chi connectivity index (χ0n) is 14.7. The molecule has 0 fully saturated rings. The first-order valence-electron chi connectivity index (χ1n) is 7.85. The molecule has 0 aromatic heterocycles. The van der Waals surface area contributed by atoms with Crippen LogP contribution in [0.25, 0.3) is 0 Å². The molecule has 0 aliphatic rings. The van der Waals surface area contributed by atoms with Gasteiger partial charge in [0.15, 0.2) is 0 Å². The zero-order valence-corrected chi connectivity index (χ0v) is 16.3. The van der Waals surface area contributed by atoms with Gasteiger partial charge in [0, 0.05) is 25.7 Å². The lowest BCUT2D eigenvalue weighted by atomic mass is 10.1. The number of methoxy groups -OCH3 is 1. The quantitative estimate of drug-likeness (QED) is 0.142. The topological polar surface area (TPSA) is 44.8 Å². The van der Waals surface area contributed by atoms with Gasteiger partial charge in [-0.1, -0.05) is 0 Å². The summed E-state index contributed by atoms with van der Waals surface area (Å²) >= 11 is 3.25. The lowest BCUT2D eigenvalue weighted by Gasteiger charge is -2.15. The van der Waals surface area contributed by atoms with Crippen LogP contribution in [0, 0.1) is 36.0 Å². The number of halogens is 6. The van der Waals surface area contributed by atoms with Gasteiger partial charge in [0.2, 0.25) is 34.8 Å². The normalized spacial score (nSPS) is 10.9. The molecule has 2 aromatic rings. The molecule has 0 atom stereocenters. The monoisotopic (exact) mass is 468 g/mol. The second-order valence-corrected chi connectivity index (χ2v) is 6.39. The summed E-state index contributed by atoms with van der Waals surface area (Å²) in [5, 5.41) is 0. The van der Waals surface area contributed by atoms with Gasteiger partial charge in [-0.3, -0.25) is 0 Å². The minimum Gasteiger partial charge on any atom is -0.492 e. The molecule has 0 bridgehead atoms. The van der Waals surface area contributed by atoms with Crippen LogP contribution in [0.1, 0.15) is 22.3 Å². The van der Waals surface area contributed by atoms with Crippen molar-refractivity contribution in [3.05, 3.63) is 56.8 Å². The van der Waals surface area contributed by atoms with E-state index in [0.717, 1.165) is 0 Å². The third-order valence-electron chi connectivity index (χ3n) is 3.68. The summed E-state index contributed by atoms with van der Waals surface area (Å²) in [6.45, 7) is 2.17. The molecular formula is C18H14BrF5O4. The molecule has 152 valence electrons. The average molecular weight is 469 g/mol. The predicted octanol–water partition coefficient (Wildman–Crippen LogP) is 5.09. The van der Waals surface area contributed by atoms with E-state index in [-0.39, 0.29) is 23.5 Å². The molecule has 2 aromatic carbocycles. The Morgan fingerprint density at radius 3 is 2.07 bits per heavy atom. The summed E-state index contributed by atoms with van der Waals surface area (Å²) in [5.74, 6) is -14.0. The van der Waals surface area contributed by atoms with Crippen LogP contribution in [0.3, 0.4) is 0 Å². The maximum atomic E-state index is 13.7. The van der Waals surface area contributed by atoms with Crippen molar-refractivity contribution in [1.82, 2.24) is 0 Å². The van der Waals surface area contributed by atoms with E-state index in [1.165, 1.54) is 26.2 Å². The third kappa shape index (κ3) is 4.44. The summed E-state index contributed by atoms with van der Waals surface area (Å²) < 4.78 is 82.5. The number of ether oxygens (including phenoxy) is 3. The molecule has 0 N–H and O–H groups in total. The average Bonchev–Trinajstić information content (AvgIpc) is 2.67. The van der Waals surface area contributed by atoms with Gasteiger partial charge in [-0.15, -0.1) is 0 Å². The molecule has 28 heavy (non-hydrogen) atoms. The highest BCUT2D eigenvalue weighted by molar-refractivity contribution is 9.10. The van der Waals surface area contributed by atoms with Gasteiger partial charge >= 0.3 is 5.97 Å². The number of esters is 1. The van der Waals surface area contributed by atoms with Crippen LogP contribution in [-0.2, 0) is 4.74 Å². The molecule has 0 spiro atoms. The molecule has 0 amide bonds. The van der Waals surface area contributed by atoms with Gasteiger partial charge in [-0.25, -0.2) is 18.0 Å². The molecular weight excluding hydrogens is 455 g/mol. The molecule has 0 saturated carbocycles. The summed E-state index contributed by atoms with van der Waals surface area (Å²) in [5.41, 5.74) is 0.0783. The highest BCUT2D eigenvalue weighted by Crippen LogP contribution is 2.33. The van der Waals surface area contributed by atoms with E-state index in [4.69, 9.17) is 9.47 Å². The fourth-order valence-corrected chi connectivity index (χ4v) is 2.80. The Morgan fingerprint density at radius 1 is 0.929 bits per heavy atom. The standard InChI is InChI=1S/C18H14BrF5O4/c1-8-9(4-5-10(19)16(8)27-7-3-6-26-2)18(25)28-17-14(23)12(21)11(20)13(22)15(17)24/h4-5H,3,6-7H2,1-2H3. The smallest absolute Gasteiger partial charge is 0.344 e. The van der Waals surface area contributed by atoms with Crippen LogP contribution in [0.2, 0.25) is 0 Å². The van der Waals surface area contributed by atoms with Crippen LogP contribution in [0.15, 0.2) is 16.6 Å². The van der Waals surface area contributed by atoms with Crippen LogP contribution < -0.4 is 9.47 Å². The number of hydrogen-bond donors (Lipinski definition) is 0. The Bertz CT molecular complexity index is 875. The van der Waals surface area contributed by atoms with Gasteiger partial charge in [0.25, 0.3) is 0 Å². The Hall–Kier alpha value is -2.20. The Kier molecular flexibility index (Phi) is 7.36. The molecule has 10 heteroatoms. The second-order valence-electron chi connectivity index (χ2n) is 5.53. The van der Waals surface area contributed by atoms with Crippen molar-refractivity contribution in [2.45, 2.75) is 13.3 Å². The van der Waals surface area contributed by atoms with Crippen molar-refractivity contribution in [3.8, 4) is 11.5 Å². The van der Waals surface area contributed by atoms with E-state index < -0.39 is 40.8 Å². The van der Waals surface area contributed by atoms with Crippen LogP contribution in [0.5, 0.6) is 11.5 Å². The minimum absolute atomic E-state index is 0.172. The highest BCUT2D eigenvalue weighted by Gasteiger charge is 2.29. The van der Waals surface area contributed by atoms with Crippen molar-refractivity contribution in [3.63, 3.8) is 0 Å². The minimum atomic E-state index is -2.35. The Labute approximate surface area is 165 Å². The van der Waals surface area contributed by atoms with Gasteiger partial charge in [0.1, 0.15) is 5.75 Å². The summed E-state index contributed by atoms with van der Waals surface area (Å²) in [7, 11) is 1.52. The molecule has 0 radical (unpaired) electrons. The Morgan fingerprint density at radius 2 is 1.50 bits per heavy atom. The second kappa shape index (κ2) is 9.33. The van der Waals surface area contributed by atoms with Crippen molar-refractivity contribution in [2.24, 2.45) is 0 Å². The van der Waals surface area contributed by atoms with Crippen LogP contribution in [-0.4, -0.2) is 26.3 Å². The van der Waals surface area contributed by atoms with Crippen molar-refractivity contribution >= 4 is 21.9 Å². The first kappa shape index (κ1) is 22.1. The molecule has 2 rings (SSSR count). The molecule has 4 nitrogen and oxygen atoms in total. The first-order valence-corrected chi connectivity index (χ1v) is 8.64. The van der Waals surface area contributed by atoms with Gasteiger partial charge in [-0.05, 0) is 35.0 Å². The van der Waals surface area contributed by atoms with Gasteiger partial charge < -0.3 is 14.2 Å². The first-order chi connectivity index (χ1) is 13.2. The third-order valence-corrected chi connectivity index (χ3v) is 4.31. The maximum Gasteiger partial charge on any atom is 0.344 e. The molecule has 0 aliphatic heterocycles. The van der Waals surface area contributed by atoms with E-state index >= 15 is 0 Å². The van der Waals surface area contributed by atoms with E-state index in [1.807, 2.05) is 0 Å². The largest absolute Gasteiger partial charge is 0.492 e. The number of hydrogen-bond acceptors (Lipinski definition) is 4. The Balaban J connectivity index is 2.33. The van der Waals surface area contributed by atoms with Crippen LogP contribution in [0.4, 0.5) is 22.0 Å². The van der Waals surface area contributed by atoms with Gasteiger partial charge in [0.05, 0.1) is 16.6 Å². The lowest BCUT2D eigenvalue weighted by Crippen LogP contribution is -2.15. The van der Waals surface area contributed by atoms with Crippen molar-refractivity contribution in [1.29, 1.82) is 0 Å². The molecule has 0 saturated heterocycles. The number of benzene rings is 2. The van der Waals surface area contributed by atoms with E-state index in [9.17, 15) is 26.7 Å². The fourth-order valence-electron chi connectivity index (χ4n) is 2.26. The molecule has 0 aliphatic carbocycles. The van der Waals surface area contributed by atoms with E-state index in [1.54, 1.807) is 0 Å². The molecule has 0 heterocycles. The summed E-state index contributed by atoms with van der Waals surface area (Å²) in [4.78, 5) is 12.3. The van der Waals surface area contributed by atoms with E-state index in [2.05, 4.69) is 20.7 Å². The lowest BCUT2D eigenvalue weighted by molar-refractivity contribution is 0.0714. The van der Waals surface area contributed by atoms with E-state index in [0.29, 0.717) is 17.5 Å². The van der Waals surface area contributed by atoms with Gasteiger partial charge in [-0.2, -0.15) is 8.78 Å². The highest BCUT2D eigenvalue weighted by atomic mass is 79.9. The molecule has 0 unspecified atom stereocenters. The van der Waals surface area contributed by atoms with Crippen molar-refractivity contribution in [2.75, 3.05) is 20.3 Å². The predicted molar refractivity (Wildman–Crippen MR) is 92.1 cm³/mol. The summed E-state index contributed by atoms with van der Waals surface area (Å²) in [6, 6.07) is 2.68. The maximum absolute atomic E-state index is 13.7. The summed E-state index contributed by atoms with van der Waals surface area (Å²) in [6.07, 6.45) is 0.557. The zero-order chi connectivity index (χ0) is 21.0. The van der Waals surface area contributed by atoms with Crippen molar-refractivity contribution < 1.29 is 41.0 Å². The number of carbonyl (C=O) groups excluding carboxylic acids is 1. The fraction of sp³-hybridized carbons (Fsp3) is 0.278. The van der Waals surface area contributed by atoms with Crippen LogP contribution >= 0.6 is 15.9 Å².